The number of nitro benzene ring substituents is 1. The van der Waals surface area contributed by atoms with Crippen LogP contribution in [0.5, 0.6) is 5.75 Å². The summed E-state index contributed by atoms with van der Waals surface area (Å²) >= 11 is 6.60. The Morgan fingerprint density at radius 2 is 1.79 bits per heavy atom. The molecule has 1 atom stereocenters. The van der Waals surface area contributed by atoms with E-state index in [1.807, 2.05) is 0 Å². The van der Waals surface area contributed by atoms with Gasteiger partial charge < -0.3 is 14.8 Å². The van der Waals surface area contributed by atoms with Crippen LogP contribution in [-0.2, 0) is 16.0 Å². The minimum Gasteiger partial charge on any atom is -0.490 e. The summed E-state index contributed by atoms with van der Waals surface area (Å²) in [6.45, 7) is 0. The number of nitrogens with zero attached hydrogens (tertiary/aromatic N) is 1. The first kappa shape index (κ1) is 21.8. The number of rotatable bonds is 7. The van der Waals surface area contributed by atoms with E-state index >= 15 is 0 Å². The number of amides is 1. The summed E-state index contributed by atoms with van der Waals surface area (Å²) in [7, 11) is 2.53. The summed E-state index contributed by atoms with van der Waals surface area (Å²) in [6, 6.07) is 8.28. The summed E-state index contributed by atoms with van der Waals surface area (Å²) in [6.07, 6.45) is 0.0123. The van der Waals surface area contributed by atoms with Gasteiger partial charge in [0.15, 0.2) is 5.75 Å². The topological polar surface area (TPSA) is 108 Å². The molecule has 0 bridgehead atoms. The van der Waals surface area contributed by atoms with Gasteiger partial charge >= 0.3 is 11.7 Å². The first-order chi connectivity index (χ1) is 13.2. The number of hydrogen-bond acceptors (Lipinski definition) is 6. The van der Waals surface area contributed by atoms with E-state index < -0.39 is 22.8 Å². The second-order valence-electron chi connectivity index (χ2n) is 5.67. The third-order valence-electron chi connectivity index (χ3n) is 3.80. The highest BCUT2D eigenvalue weighted by Crippen LogP contribution is 2.28. The first-order valence-electron chi connectivity index (χ1n) is 7.91. The number of carbonyl (C=O) groups is 2. The number of hydrogen-bond donors (Lipinski definition) is 1. The SMILES string of the molecule is COC(=O)[C@H](Cc1ccc(OC)c([N+](=O)[O-])c1)NC(=O)c1cc(Br)cc(Br)c1. The molecule has 0 fully saturated rings. The number of methoxy groups -OCH3 is 2. The Balaban J connectivity index is 2.27. The Kier molecular flexibility index (Phi) is 7.53. The van der Waals surface area contributed by atoms with Gasteiger partial charge in [0, 0.05) is 27.0 Å². The van der Waals surface area contributed by atoms with Gasteiger partial charge in [0.1, 0.15) is 6.04 Å². The van der Waals surface area contributed by atoms with Crippen molar-refractivity contribution in [2.75, 3.05) is 14.2 Å². The lowest BCUT2D eigenvalue weighted by molar-refractivity contribution is -0.385. The Morgan fingerprint density at radius 1 is 1.14 bits per heavy atom. The van der Waals surface area contributed by atoms with E-state index in [2.05, 4.69) is 37.2 Å². The zero-order valence-corrected chi connectivity index (χ0v) is 18.1. The molecule has 1 amide bonds. The van der Waals surface area contributed by atoms with Gasteiger partial charge in [-0.05, 0) is 29.8 Å². The molecule has 8 nitrogen and oxygen atoms in total. The number of carbonyl (C=O) groups excluding carboxylic acids is 2. The predicted octanol–water partition coefficient (Wildman–Crippen LogP) is 3.64. The largest absolute Gasteiger partial charge is 0.490 e. The molecular formula is C18H16Br2N2O6. The van der Waals surface area contributed by atoms with Crippen molar-refractivity contribution in [3.63, 3.8) is 0 Å². The average Bonchev–Trinajstić information content (AvgIpc) is 2.65. The smallest absolute Gasteiger partial charge is 0.328 e. The molecule has 0 aliphatic heterocycles. The van der Waals surface area contributed by atoms with Gasteiger partial charge in [0.2, 0.25) is 0 Å². The predicted molar refractivity (Wildman–Crippen MR) is 108 cm³/mol. The zero-order chi connectivity index (χ0) is 20.8. The molecule has 2 aromatic rings. The van der Waals surface area contributed by atoms with Gasteiger partial charge in [-0.25, -0.2) is 4.79 Å². The molecule has 0 saturated carbocycles. The van der Waals surface area contributed by atoms with Crippen LogP contribution in [0.25, 0.3) is 0 Å². The number of nitro groups is 1. The fourth-order valence-corrected chi connectivity index (χ4v) is 3.80. The van der Waals surface area contributed by atoms with E-state index in [-0.39, 0.29) is 17.9 Å². The summed E-state index contributed by atoms with van der Waals surface area (Å²) in [5.41, 5.74) is 0.570. The van der Waals surface area contributed by atoms with Gasteiger partial charge in [0.25, 0.3) is 5.91 Å². The summed E-state index contributed by atoms with van der Waals surface area (Å²) in [5, 5.41) is 13.8. The lowest BCUT2D eigenvalue weighted by atomic mass is 10.0. The second-order valence-corrected chi connectivity index (χ2v) is 7.51. The summed E-state index contributed by atoms with van der Waals surface area (Å²) in [4.78, 5) is 35.3. The van der Waals surface area contributed by atoms with Gasteiger partial charge in [0.05, 0.1) is 19.1 Å². The van der Waals surface area contributed by atoms with Crippen LogP contribution in [0.3, 0.4) is 0 Å². The normalized spacial score (nSPS) is 11.4. The molecule has 0 aromatic heterocycles. The van der Waals surface area contributed by atoms with Crippen molar-refractivity contribution < 1.29 is 24.0 Å². The summed E-state index contributed by atoms with van der Waals surface area (Å²) < 4.78 is 11.1. The van der Waals surface area contributed by atoms with Crippen molar-refractivity contribution in [1.29, 1.82) is 0 Å². The Hall–Kier alpha value is -2.46. The van der Waals surface area contributed by atoms with E-state index in [0.29, 0.717) is 20.1 Å². The van der Waals surface area contributed by atoms with Gasteiger partial charge in [-0.1, -0.05) is 37.9 Å². The lowest BCUT2D eigenvalue weighted by Crippen LogP contribution is -2.43. The molecule has 2 rings (SSSR count). The number of benzene rings is 2. The van der Waals surface area contributed by atoms with Gasteiger partial charge in [-0.15, -0.1) is 0 Å². The number of ether oxygens (including phenoxy) is 2. The zero-order valence-electron chi connectivity index (χ0n) is 14.9. The van der Waals surface area contributed by atoms with E-state index in [1.54, 1.807) is 24.3 Å². The molecule has 1 N–H and O–H groups in total. The molecule has 0 spiro atoms. The fourth-order valence-electron chi connectivity index (χ4n) is 2.50. The highest BCUT2D eigenvalue weighted by Gasteiger charge is 2.25. The van der Waals surface area contributed by atoms with Gasteiger partial charge in [-0.2, -0.15) is 0 Å². The Bertz CT molecular complexity index is 899. The number of halogens is 2. The molecular weight excluding hydrogens is 500 g/mol. The molecule has 2 aromatic carbocycles. The second kappa shape index (κ2) is 9.65. The van der Waals surface area contributed by atoms with Crippen LogP contribution in [0.1, 0.15) is 15.9 Å². The monoisotopic (exact) mass is 514 g/mol. The third-order valence-corrected chi connectivity index (χ3v) is 4.71. The Labute approximate surface area is 177 Å². The molecule has 0 aliphatic rings. The van der Waals surface area contributed by atoms with E-state index in [9.17, 15) is 19.7 Å². The maximum atomic E-state index is 12.6. The molecule has 0 saturated heterocycles. The van der Waals surface area contributed by atoms with E-state index in [0.717, 1.165) is 0 Å². The lowest BCUT2D eigenvalue weighted by Gasteiger charge is -2.17. The first-order valence-corrected chi connectivity index (χ1v) is 9.49. The van der Waals surface area contributed by atoms with Crippen LogP contribution in [0.15, 0.2) is 45.3 Å². The van der Waals surface area contributed by atoms with Crippen LogP contribution >= 0.6 is 31.9 Å². The molecule has 0 unspecified atom stereocenters. The molecule has 28 heavy (non-hydrogen) atoms. The quantitative estimate of drug-likeness (QED) is 0.342. The van der Waals surface area contributed by atoms with Crippen LogP contribution in [0, 0.1) is 10.1 Å². The molecule has 0 aliphatic carbocycles. The van der Waals surface area contributed by atoms with Crippen molar-refractivity contribution >= 4 is 49.4 Å². The molecule has 148 valence electrons. The van der Waals surface area contributed by atoms with Crippen molar-refractivity contribution in [3.05, 3.63) is 66.6 Å². The van der Waals surface area contributed by atoms with Crippen LogP contribution in [0.4, 0.5) is 5.69 Å². The van der Waals surface area contributed by atoms with Crippen molar-refractivity contribution in [2.45, 2.75) is 12.5 Å². The molecule has 10 heteroatoms. The standard InChI is InChI=1S/C18H16Br2N2O6/c1-27-16-4-3-10(6-15(16)22(25)26)5-14(18(24)28-2)21-17(23)11-7-12(19)9-13(20)8-11/h3-4,6-9,14H,5H2,1-2H3,(H,21,23)/t14-/m0/s1. The molecule has 0 radical (unpaired) electrons. The van der Waals surface area contributed by atoms with Crippen LogP contribution in [-0.4, -0.2) is 37.1 Å². The molecule has 0 heterocycles. The van der Waals surface area contributed by atoms with Gasteiger partial charge in [-0.3, -0.25) is 14.9 Å². The van der Waals surface area contributed by atoms with Crippen LogP contribution in [0.2, 0.25) is 0 Å². The highest BCUT2D eigenvalue weighted by molar-refractivity contribution is 9.11. The van der Waals surface area contributed by atoms with Crippen molar-refractivity contribution in [2.24, 2.45) is 0 Å². The maximum Gasteiger partial charge on any atom is 0.328 e. The number of esters is 1. The summed E-state index contributed by atoms with van der Waals surface area (Å²) in [5.74, 6) is -1.05. The maximum absolute atomic E-state index is 12.6. The minimum atomic E-state index is -1.02. The Morgan fingerprint density at radius 3 is 2.32 bits per heavy atom. The average molecular weight is 516 g/mol. The minimum absolute atomic E-state index is 0.0123. The fraction of sp³-hybridized carbons (Fsp3) is 0.222. The van der Waals surface area contributed by atoms with Crippen LogP contribution < -0.4 is 10.1 Å². The van der Waals surface area contributed by atoms with E-state index in [4.69, 9.17) is 9.47 Å². The van der Waals surface area contributed by atoms with E-state index in [1.165, 1.54) is 26.4 Å². The third kappa shape index (κ3) is 5.52. The van der Waals surface area contributed by atoms with Crippen molar-refractivity contribution in [1.82, 2.24) is 5.32 Å². The highest BCUT2D eigenvalue weighted by atomic mass is 79.9. The van der Waals surface area contributed by atoms with Crippen molar-refractivity contribution in [3.8, 4) is 5.75 Å². The number of nitrogens with one attached hydrogen (secondary N) is 1.